The number of hydrazone groups is 1. The van der Waals surface area contributed by atoms with E-state index in [1.807, 2.05) is 18.2 Å². The molecule has 1 aromatic carbocycles. The first-order chi connectivity index (χ1) is 10.6. The molecule has 4 nitrogen and oxygen atoms in total. The first-order valence-corrected chi connectivity index (χ1v) is 8.06. The van der Waals surface area contributed by atoms with E-state index in [2.05, 4.69) is 15.5 Å². The van der Waals surface area contributed by atoms with Crippen LogP contribution in [-0.2, 0) is 4.79 Å². The standard InChI is InChI=1S/C15H13Cl2N3OS/c1-10(22-14-7-2-3-8-18-14)15(21)20-19-9-11-12(16)5-4-6-13(11)17/h2-10H,1H3,(H,20,21)/b19-9+. The largest absolute Gasteiger partial charge is 0.272 e. The van der Waals surface area contributed by atoms with Crippen molar-refractivity contribution >= 4 is 47.1 Å². The summed E-state index contributed by atoms with van der Waals surface area (Å²) < 4.78 is 0. The highest BCUT2D eigenvalue weighted by Crippen LogP contribution is 2.22. The van der Waals surface area contributed by atoms with Crippen LogP contribution in [0.3, 0.4) is 0 Å². The number of nitrogens with one attached hydrogen (secondary N) is 1. The summed E-state index contributed by atoms with van der Waals surface area (Å²) in [4.78, 5) is 16.1. The van der Waals surface area contributed by atoms with E-state index >= 15 is 0 Å². The van der Waals surface area contributed by atoms with E-state index in [0.717, 1.165) is 5.03 Å². The fraction of sp³-hybridized carbons (Fsp3) is 0.133. The lowest BCUT2D eigenvalue weighted by Gasteiger charge is -2.08. The Hall–Kier alpha value is -1.56. The van der Waals surface area contributed by atoms with Gasteiger partial charge in [-0.15, -0.1) is 0 Å². The van der Waals surface area contributed by atoms with Crippen molar-refractivity contribution in [3.63, 3.8) is 0 Å². The Morgan fingerprint density at radius 1 is 1.27 bits per heavy atom. The summed E-state index contributed by atoms with van der Waals surface area (Å²) in [5, 5.41) is 5.30. The predicted molar refractivity (Wildman–Crippen MR) is 91.8 cm³/mol. The van der Waals surface area contributed by atoms with Gasteiger partial charge in [0.15, 0.2) is 0 Å². The molecule has 7 heteroatoms. The Morgan fingerprint density at radius 2 is 2.00 bits per heavy atom. The molecule has 0 saturated heterocycles. The molecule has 1 N–H and O–H groups in total. The first-order valence-electron chi connectivity index (χ1n) is 6.42. The van der Waals surface area contributed by atoms with E-state index < -0.39 is 0 Å². The number of aromatic nitrogens is 1. The van der Waals surface area contributed by atoms with Crippen LogP contribution in [0.25, 0.3) is 0 Å². The van der Waals surface area contributed by atoms with Gasteiger partial charge in [-0.05, 0) is 31.2 Å². The minimum Gasteiger partial charge on any atom is -0.272 e. The third kappa shape index (κ3) is 4.73. The van der Waals surface area contributed by atoms with Gasteiger partial charge in [-0.2, -0.15) is 5.10 Å². The second-order valence-corrected chi connectivity index (χ2v) is 6.47. The molecule has 0 aliphatic heterocycles. The van der Waals surface area contributed by atoms with Gasteiger partial charge in [0, 0.05) is 11.8 Å². The van der Waals surface area contributed by atoms with Crippen molar-refractivity contribution in [3.05, 3.63) is 58.2 Å². The Bertz CT molecular complexity index is 659. The molecule has 2 rings (SSSR count). The number of nitrogens with zero attached hydrogens (tertiary/aromatic N) is 2. The van der Waals surface area contributed by atoms with Crippen molar-refractivity contribution in [2.24, 2.45) is 5.10 Å². The molecule has 1 amide bonds. The van der Waals surface area contributed by atoms with E-state index in [9.17, 15) is 4.79 Å². The summed E-state index contributed by atoms with van der Waals surface area (Å²) in [5.41, 5.74) is 3.04. The van der Waals surface area contributed by atoms with E-state index in [0.29, 0.717) is 15.6 Å². The molecule has 2 aromatic rings. The summed E-state index contributed by atoms with van der Waals surface area (Å²) in [6.07, 6.45) is 3.12. The molecule has 0 radical (unpaired) electrons. The van der Waals surface area contributed by atoms with Gasteiger partial charge in [-0.3, -0.25) is 4.79 Å². The number of amides is 1. The Balaban J connectivity index is 1.93. The fourth-order valence-electron chi connectivity index (χ4n) is 1.54. The second-order valence-electron chi connectivity index (χ2n) is 4.30. The van der Waals surface area contributed by atoms with E-state index in [1.54, 1.807) is 31.3 Å². The quantitative estimate of drug-likeness (QED) is 0.501. The van der Waals surface area contributed by atoms with Crippen LogP contribution in [-0.4, -0.2) is 22.4 Å². The van der Waals surface area contributed by atoms with Crippen molar-refractivity contribution < 1.29 is 4.79 Å². The van der Waals surface area contributed by atoms with E-state index in [4.69, 9.17) is 23.2 Å². The molecule has 1 aromatic heterocycles. The molecule has 0 aliphatic carbocycles. The third-order valence-corrected chi connectivity index (χ3v) is 4.38. The summed E-state index contributed by atoms with van der Waals surface area (Å²) in [6.45, 7) is 1.78. The summed E-state index contributed by atoms with van der Waals surface area (Å²) in [7, 11) is 0. The predicted octanol–water partition coefficient (Wildman–Crippen LogP) is 4.02. The Morgan fingerprint density at radius 3 is 2.64 bits per heavy atom. The number of carbonyl (C=O) groups is 1. The van der Waals surface area contributed by atoms with Gasteiger partial charge < -0.3 is 0 Å². The molecule has 0 fully saturated rings. The number of benzene rings is 1. The van der Waals surface area contributed by atoms with Gasteiger partial charge in [0.2, 0.25) is 0 Å². The summed E-state index contributed by atoms with van der Waals surface area (Å²) in [5.74, 6) is -0.227. The third-order valence-electron chi connectivity index (χ3n) is 2.67. The first kappa shape index (κ1) is 16.8. The zero-order chi connectivity index (χ0) is 15.9. The SMILES string of the molecule is CC(Sc1ccccn1)C(=O)N/N=C/c1c(Cl)cccc1Cl. The minimum absolute atomic E-state index is 0.227. The lowest BCUT2D eigenvalue weighted by molar-refractivity contribution is -0.120. The highest BCUT2D eigenvalue weighted by molar-refractivity contribution is 8.00. The Kier molecular flexibility index (Phi) is 6.24. The maximum Gasteiger partial charge on any atom is 0.253 e. The van der Waals surface area contributed by atoms with Crippen LogP contribution in [0.4, 0.5) is 0 Å². The minimum atomic E-state index is -0.325. The van der Waals surface area contributed by atoms with Crippen LogP contribution in [0, 0.1) is 0 Å². The Labute approximate surface area is 142 Å². The summed E-state index contributed by atoms with van der Waals surface area (Å²) >= 11 is 13.4. The van der Waals surface area contributed by atoms with Crippen molar-refractivity contribution in [3.8, 4) is 0 Å². The number of hydrogen-bond acceptors (Lipinski definition) is 4. The van der Waals surface area contributed by atoms with Crippen LogP contribution in [0.15, 0.2) is 52.7 Å². The van der Waals surface area contributed by atoms with Crippen molar-refractivity contribution in [2.45, 2.75) is 17.2 Å². The average molecular weight is 354 g/mol. The number of halogens is 2. The fourth-order valence-corrected chi connectivity index (χ4v) is 2.83. The average Bonchev–Trinajstić information content (AvgIpc) is 2.51. The van der Waals surface area contributed by atoms with Gasteiger partial charge in [0.25, 0.3) is 5.91 Å². The molecule has 0 bridgehead atoms. The summed E-state index contributed by atoms with van der Waals surface area (Å²) in [6, 6.07) is 10.7. The molecule has 0 spiro atoms. The van der Waals surface area contributed by atoms with Gasteiger partial charge >= 0.3 is 0 Å². The number of rotatable bonds is 5. The number of carbonyl (C=O) groups excluding carboxylic acids is 1. The molecule has 0 aliphatic rings. The van der Waals surface area contributed by atoms with Crippen molar-refractivity contribution in [2.75, 3.05) is 0 Å². The molecule has 0 saturated carbocycles. The van der Waals surface area contributed by atoms with Crippen molar-refractivity contribution in [1.29, 1.82) is 0 Å². The lowest BCUT2D eigenvalue weighted by Crippen LogP contribution is -2.26. The normalized spacial score (nSPS) is 12.3. The molecule has 114 valence electrons. The molecule has 22 heavy (non-hydrogen) atoms. The highest BCUT2D eigenvalue weighted by Gasteiger charge is 2.14. The van der Waals surface area contributed by atoms with Gasteiger partial charge in [0.05, 0.1) is 26.5 Å². The van der Waals surface area contributed by atoms with Crippen LogP contribution in [0.2, 0.25) is 10.0 Å². The zero-order valence-electron chi connectivity index (χ0n) is 11.7. The topological polar surface area (TPSA) is 54.4 Å². The molecular weight excluding hydrogens is 341 g/mol. The maximum absolute atomic E-state index is 12.0. The van der Waals surface area contributed by atoms with Gasteiger partial charge in [-0.1, -0.05) is 47.1 Å². The van der Waals surface area contributed by atoms with Crippen molar-refractivity contribution in [1.82, 2.24) is 10.4 Å². The maximum atomic E-state index is 12.0. The van der Waals surface area contributed by atoms with E-state index in [1.165, 1.54) is 18.0 Å². The van der Waals surface area contributed by atoms with Gasteiger partial charge in [0.1, 0.15) is 0 Å². The van der Waals surface area contributed by atoms with Gasteiger partial charge in [-0.25, -0.2) is 10.4 Å². The van der Waals surface area contributed by atoms with Crippen LogP contribution in [0.5, 0.6) is 0 Å². The number of pyridine rings is 1. The number of thioether (sulfide) groups is 1. The van der Waals surface area contributed by atoms with Crippen LogP contribution < -0.4 is 5.43 Å². The molecule has 1 atom stereocenters. The monoisotopic (exact) mass is 353 g/mol. The molecule has 1 heterocycles. The molecular formula is C15H13Cl2N3OS. The second kappa shape index (κ2) is 8.17. The smallest absolute Gasteiger partial charge is 0.253 e. The number of hydrogen-bond donors (Lipinski definition) is 1. The van der Waals surface area contributed by atoms with Crippen LogP contribution >= 0.6 is 35.0 Å². The zero-order valence-corrected chi connectivity index (χ0v) is 14.0. The van der Waals surface area contributed by atoms with E-state index in [-0.39, 0.29) is 11.2 Å². The van der Waals surface area contributed by atoms with Crippen LogP contribution in [0.1, 0.15) is 12.5 Å². The highest BCUT2D eigenvalue weighted by atomic mass is 35.5. The molecule has 1 unspecified atom stereocenters. The lowest BCUT2D eigenvalue weighted by atomic mass is 10.2.